The van der Waals surface area contributed by atoms with Crippen LogP contribution in [0.15, 0.2) is 18.2 Å². The van der Waals surface area contributed by atoms with E-state index in [-0.39, 0.29) is 17.7 Å². The smallest absolute Gasteiger partial charge is 0.127 e. The average molecular weight is 263 g/mol. The summed E-state index contributed by atoms with van der Waals surface area (Å²) >= 11 is 0. The van der Waals surface area contributed by atoms with Crippen molar-refractivity contribution in [2.75, 3.05) is 6.61 Å². The first kappa shape index (κ1) is 14.4. The minimum absolute atomic E-state index is 0.0639. The van der Waals surface area contributed by atoms with E-state index in [1.54, 1.807) is 0 Å². The lowest BCUT2D eigenvalue weighted by Gasteiger charge is -2.26. The summed E-state index contributed by atoms with van der Waals surface area (Å²) in [6, 6.07) is 6.36. The molecule has 1 aliphatic heterocycles. The fraction of sp³-hybridized carbons (Fsp3) is 0.625. The van der Waals surface area contributed by atoms with Gasteiger partial charge in [-0.1, -0.05) is 18.2 Å². The Hall–Kier alpha value is -1.06. The van der Waals surface area contributed by atoms with Crippen molar-refractivity contribution in [3.63, 3.8) is 0 Å². The first-order chi connectivity index (χ1) is 8.83. The second-order valence-electron chi connectivity index (χ2n) is 6.65. The van der Waals surface area contributed by atoms with Crippen molar-refractivity contribution >= 4 is 0 Å². The minimum Gasteiger partial charge on any atom is -0.487 e. The second kappa shape index (κ2) is 5.14. The lowest BCUT2D eigenvalue weighted by Crippen LogP contribution is -2.39. The number of hydrogen-bond donors (Lipinski definition) is 2. The van der Waals surface area contributed by atoms with Crippen LogP contribution >= 0.6 is 0 Å². The molecule has 0 unspecified atom stereocenters. The van der Waals surface area contributed by atoms with Gasteiger partial charge in [-0.3, -0.25) is 0 Å². The number of para-hydroxylation sites is 1. The summed E-state index contributed by atoms with van der Waals surface area (Å²) in [5.41, 5.74) is 2.34. The summed E-state index contributed by atoms with van der Waals surface area (Å²) in [7, 11) is 0. The van der Waals surface area contributed by atoms with Gasteiger partial charge in [0.05, 0.1) is 0 Å². The van der Waals surface area contributed by atoms with E-state index in [1.165, 1.54) is 11.1 Å². The van der Waals surface area contributed by atoms with E-state index < -0.39 is 0 Å². The van der Waals surface area contributed by atoms with Crippen LogP contribution in [0, 0.1) is 0 Å². The molecular weight excluding hydrogens is 238 g/mol. The molecule has 0 aliphatic carbocycles. The number of aliphatic hydroxyl groups is 1. The Bertz CT molecular complexity index is 452. The first-order valence-electron chi connectivity index (χ1n) is 6.99. The Balaban J connectivity index is 2.10. The molecule has 1 aliphatic rings. The molecule has 3 heteroatoms. The van der Waals surface area contributed by atoms with Crippen LogP contribution in [-0.4, -0.2) is 22.9 Å². The van der Waals surface area contributed by atoms with E-state index in [0.29, 0.717) is 0 Å². The fourth-order valence-electron chi connectivity index (χ4n) is 2.52. The van der Waals surface area contributed by atoms with Crippen molar-refractivity contribution in [3.8, 4) is 5.75 Å². The van der Waals surface area contributed by atoms with Gasteiger partial charge in [-0.15, -0.1) is 0 Å². The highest BCUT2D eigenvalue weighted by Gasteiger charge is 2.31. The molecule has 1 heterocycles. The number of ether oxygens (including phenoxy) is 1. The van der Waals surface area contributed by atoms with E-state index in [9.17, 15) is 0 Å². The average Bonchev–Trinajstić information content (AvgIpc) is 2.60. The fourth-order valence-corrected chi connectivity index (χ4v) is 2.52. The third-order valence-corrected chi connectivity index (χ3v) is 3.67. The molecule has 106 valence electrons. The van der Waals surface area contributed by atoms with Crippen LogP contribution in [0.2, 0.25) is 0 Å². The first-order valence-corrected chi connectivity index (χ1v) is 6.99. The second-order valence-corrected chi connectivity index (χ2v) is 6.65. The molecule has 0 amide bonds. The van der Waals surface area contributed by atoms with Gasteiger partial charge in [0.25, 0.3) is 0 Å². The van der Waals surface area contributed by atoms with Gasteiger partial charge in [0, 0.05) is 30.7 Å². The Labute approximate surface area is 116 Å². The molecule has 1 aromatic carbocycles. The molecular formula is C16H25NO2. The third-order valence-electron chi connectivity index (χ3n) is 3.67. The molecule has 1 aromatic rings. The summed E-state index contributed by atoms with van der Waals surface area (Å²) in [6.45, 7) is 9.44. The van der Waals surface area contributed by atoms with Crippen molar-refractivity contribution in [3.05, 3.63) is 29.3 Å². The number of fused-ring (bicyclic) bond motifs is 1. The summed E-state index contributed by atoms with van der Waals surface area (Å²) in [4.78, 5) is 0. The maximum Gasteiger partial charge on any atom is 0.127 e. The lowest BCUT2D eigenvalue weighted by molar-refractivity contribution is 0.136. The van der Waals surface area contributed by atoms with Crippen LogP contribution in [0.4, 0.5) is 0 Å². The van der Waals surface area contributed by atoms with Crippen LogP contribution in [-0.2, 0) is 13.0 Å². The van der Waals surface area contributed by atoms with Gasteiger partial charge in [0.1, 0.15) is 11.4 Å². The molecule has 19 heavy (non-hydrogen) atoms. The van der Waals surface area contributed by atoms with Gasteiger partial charge < -0.3 is 15.2 Å². The molecule has 0 radical (unpaired) electrons. The lowest BCUT2D eigenvalue weighted by atomic mass is 9.99. The largest absolute Gasteiger partial charge is 0.487 e. The van der Waals surface area contributed by atoms with E-state index in [0.717, 1.165) is 25.1 Å². The summed E-state index contributed by atoms with van der Waals surface area (Å²) in [6.07, 6.45) is 1.71. The topological polar surface area (TPSA) is 41.5 Å². The highest BCUT2D eigenvalue weighted by molar-refractivity contribution is 5.45. The van der Waals surface area contributed by atoms with Crippen LogP contribution in [0.25, 0.3) is 0 Å². The van der Waals surface area contributed by atoms with Crippen molar-refractivity contribution in [2.45, 2.75) is 58.2 Å². The van der Waals surface area contributed by atoms with Gasteiger partial charge in [0.2, 0.25) is 0 Å². The van der Waals surface area contributed by atoms with E-state index >= 15 is 0 Å². The maximum absolute atomic E-state index is 9.06. The highest BCUT2D eigenvalue weighted by atomic mass is 16.5. The molecule has 0 fully saturated rings. The van der Waals surface area contributed by atoms with Crippen molar-refractivity contribution in [1.82, 2.24) is 5.32 Å². The summed E-state index contributed by atoms with van der Waals surface area (Å²) in [5.74, 6) is 1.04. The van der Waals surface area contributed by atoms with Crippen LogP contribution in [0.1, 0.15) is 45.2 Å². The number of hydrogen-bond acceptors (Lipinski definition) is 3. The number of aliphatic hydroxyl groups excluding tert-OH is 1. The van der Waals surface area contributed by atoms with Crippen molar-refractivity contribution < 1.29 is 9.84 Å². The van der Waals surface area contributed by atoms with Gasteiger partial charge in [-0.05, 0) is 39.7 Å². The molecule has 2 rings (SSSR count). The predicted octanol–water partition coefficient (Wildman–Crippen LogP) is 2.65. The normalized spacial score (nSPS) is 17.1. The zero-order chi connectivity index (χ0) is 14.1. The Morgan fingerprint density at radius 2 is 2.11 bits per heavy atom. The maximum atomic E-state index is 9.06. The number of rotatable bonds is 5. The standard InChI is InChI=1S/C16H25NO2/c1-15(2,8-9-18)17-11-13-7-5-6-12-10-16(3,4)19-14(12)13/h5-7,17-18H,8-11H2,1-4H3. The summed E-state index contributed by atoms with van der Waals surface area (Å²) < 4.78 is 6.06. The Morgan fingerprint density at radius 1 is 1.37 bits per heavy atom. The molecule has 0 saturated carbocycles. The van der Waals surface area contributed by atoms with Crippen molar-refractivity contribution in [1.29, 1.82) is 0 Å². The van der Waals surface area contributed by atoms with E-state index in [4.69, 9.17) is 9.84 Å². The molecule has 0 atom stereocenters. The zero-order valence-corrected chi connectivity index (χ0v) is 12.4. The summed E-state index contributed by atoms with van der Waals surface area (Å²) in [5, 5.41) is 12.6. The van der Waals surface area contributed by atoms with E-state index in [1.807, 2.05) is 0 Å². The zero-order valence-electron chi connectivity index (χ0n) is 12.4. The van der Waals surface area contributed by atoms with Crippen molar-refractivity contribution in [2.24, 2.45) is 0 Å². The molecule has 0 saturated heterocycles. The molecule has 2 N–H and O–H groups in total. The van der Waals surface area contributed by atoms with Gasteiger partial charge in [-0.2, -0.15) is 0 Å². The van der Waals surface area contributed by atoms with Crippen LogP contribution < -0.4 is 10.1 Å². The quantitative estimate of drug-likeness (QED) is 0.858. The highest BCUT2D eigenvalue weighted by Crippen LogP contribution is 2.37. The van der Waals surface area contributed by atoms with Gasteiger partial charge in [0.15, 0.2) is 0 Å². The number of nitrogens with one attached hydrogen (secondary N) is 1. The molecule has 0 aromatic heterocycles. The molecule has 0 bridgehead atoms. The van der Waals surface area contributed by atoms with Gasteiger partial charge >= 0.3 is 0 Å². The predicted molar refractivity (Wildman–Crippen MR) is 77.5 cm³/mol. The van der Waals surface area contributed by atoms with E-state index in [2.05, 4.69) is 51.2 Å². The number of benzene rings is 1. The Morgan fingerprint density at radius 3 is 2.79 bits per heavy atom. The minimum atomic E-state index is -0.0982. The van der Waals surface area contributed by atoms with Crippen LogP contribution in [0.5, 0.6) is 5.75 Å². The monoisotopic (exact) mass is 263 g/mol. The molecule has 0 spiro atoms. The molecule has 3 nitrogen and oxygen atoms in total. The van der Waals surface area contributed by atoms with Gasteiger partial charge in [-0.25, -0.2) is 0 Å². The SMILES string of the molecule is CC(C)(CCO)NCc1cccc2c1OC(C)(C)C2. The third kappa shape index (κ3) is 3.48. The van der Waals surface area contributed by atoms with Crippen LogP contribution in [0.3, 0.4) is 0 Å². The Kier molecular flexibility index (Phi) is 3.88.